The number of nitrogens with one attached hydrogen (secondary N) is 1. The van der Waals surface area contributed by atoms with Crippen LogP contribution >= 0.6 is 0 Å². The first-order valence-electron chi connectivity index (χ1n) is 6.97. The minimum absolute atomic E-state index is 0.0872. The van der Waals surface area contributed by atoms with Gasteiger partial charge in [-0.3, -0.25) is 14.9 Å². The number of amides is 1. The fourth-order valence-corrected chi connectivity index (χ4v) is 1.98. The SMILES string of the molecule is Cc1cc([N+](=O)[O-])cc(C(=O)N[C@@H](C)CCC(C)C)c1F. The molecule has 0 unspecified atom stereocenters. The quantitative estimate of drug-likeness (QED) is 0.644. The van der Waals surface area contributed by atoms with E-state index in [9.17, 15) is 19.3 Å². The maximum atomic E-state index is 14.0. The monoisotopic (exact) mass is 296 g/mol. The number of benzene rings is 1. The van der Waals surface area contributed by atoms with E-state index in [1.807, 2.05) is 6.92 Å². The Morgan fingerprint density at radius 3 is 2.48 bits per heavy atom. The summed E-state index contributed by atoms with van der Waals surface area (Å²) in [6.45, 7) is 7.40. The molecule has 0 heterocycles. The predicted molar refractivity (Wildman–Crippen MR) is 78.8 cm³/mol. The van der Waals surface area contributed by atoms with Crippen LogP contribution in [0.2, 0.25) is 0 Å². The molecular weight excluding hydrogens is 275 g/mol. The van der Waals surface area contributed by atoms with E-state index in [1.54, 1.807) is 0 Å². The van der Waals surface area contributed by atoms with Gasteiger partial charge in [0.2, 0.25) is 0 Å². The summed E-state index contributed by atoms with van der Waals surface area (Å²) in [5.74, 6) is -0.814. The molecule has 21 heavy (non-hydrogen) atoms. The van der Waals surface area contributed by atoms with Crippen molar-refractivity contribution in [1.82, 2.24) is 5.32 Å². The Kier molecular flexibility index (Phi) is 5.81. The summed E-state index contributed by atoms with van der Waals surface area (Å²) < 4.78 is 14.0. The van der Waals surface area contributed by atoms with Gasteiger partial charge in [0.25, 0.3) is 11.6 Å². The zero-order valence-corrected chi connectivity index (χ0v) is 12.8. The van der Waals surface area contributed by atoms with Crippen molar-refractivity contribution in [3.05, 3.63) is 39.2 Å². The van der Waals surface area contributed by atoms with E-state index in [4.69, 9.17) is 0 Å². The van der Waals surface area contributed by atoms with Crippen molar-refractivity contribution >= 4 is 11.6 Å². The number of nitro benzene ring substituents is 1. The number of hydrogen-bond acceptors (Lipinski definition) is 3. The second-order valence-corrected chi connectivity index (χ2v) is 5.73. The molecule has 1 amide bonds. The molecule has 1 aromatic rings. The average Bonchev–Trinajstić information content (AvgIpc) is 2.38. The maximum absolute atomic E-state index is 14.0. The number of hydrogen-bond donors (Lipinski definition) is 1. The molecule has 0 aliphatic carbocycles. The number of nitrogens with zero attached hydrogens (tertiary/aromatic N) is 1. The summed E-state index contributed by atoms with van der Waals surface area (Å²) in [6.07, 6.45) is 1.72. The molecule has 0 spiro atoms. The maximum Gasteiger partial charge on any atom is 0.270 e. The lowest BCUT2D eigenvalue weighted by molar-refractivity contribution is -0.385. The summed E-state index contributed by atoms with van der Waals surface area (Å²) in [4.78, 5) is 22.2. The molecule has 0 saturated heterocycles. The second kappa shape index (κ2) is 7.15. The normalized spacial score (nSPS) is 12.3. The Balaban J connectivity index is 2.89. The number of rotatable bonds is 6. The number of carbonyl (C=O) groups is 1. The number of halogens is 1. The van der Waals surface area contributed by atoms with Gasteiger partial charge in [0.15, 0.2) is 0 Å². The van der Waals surface area contributed by atoms with E-state index in [1.165, 1.54) is 6.92 Å². The van der Waals surface area contributed by atoms with Crippen LogP contribution in [-0.2, 0) is 0 Å². The molecule has 6 heteroatoms. The van der Waals surface area contributed by atoms with Crippen LogP contribution < -0.4 is 5.32 Å². The molecule has 1 aromatic carbocycles. The van der Waals surface area contributed by atoms with Crippen LogP contribution in [0.15, 0.2) is 12.1 Å². The third-order valence-electron chi connectivity index (χ3n) is 3.25. The molecule has 0 bridgehead atoms. The highest BCUT2D eigenvalue weighted by Gasteiger charge is 2.20. The third kappa shape index (κ3) is 4.81. The van der Waals surface area contributed by atoms with Crippen molar-refractivity contribution in [1.29, 1.82) is 0 Å². The van der Waals surface area contributed by atoms with Gasteiger partial charge in [-0.2, -0.15) is 0 Å². The standard InChI is InChI=1S/C15H21FN2O3/c1-9(2)5-6-11(4)17-15(19)13-8-12(18(20)21)7-10(3)14(13)16/h7-9,11H,5-6H2,1-4H3,(H,17,19)/t11-/m0/s1. The highest BCUT2D eigenvalue weighted by Crippen LogP contribution is 2.21. The fourth-order valence-electron chi connectivity index (χ4n) is 1.98. The van der Waals surface area contributed by atoms with Crippen molar-refractivity contribution in [2.45, 2.75) is 46.6 Å². The van der Waals surface area contributed by atoms with E-state index >= 15 is 0 Å². The van der Waals surface area contributed by atoms with Gasteiger partial charge in [0.1, 0.15) is 5.82 Å². The first-order valence-corrected chi connectivity index (χ1v) is 6.97. The van der Waals surface area contributed by atoms with Gasteiger partial charge in [0.05, 0.1) is 10.5 Å². The Bertz CT molecular complexity index is 544. The van der Waals surface area contributed by atoms with E-state index in [0.29, 0.717) is 5.92 Å². The van der Waals surface area contributed by atoms with E-state index < -0.39 is 16.6 Å². The Hall–Kier alpha value is -1.98. The largest absolute Gasteiger partial charge is 0.349 e. The number of carbonyl (C=O) groups excluding carboxylic acids is 1. The number of nitro groups is 1. The second-order valence-electron chi connectivity index (χ2n) is 5.73. The van der Waals surface area contributed by atoms with Crippen LogP contribution in [-0.4, -0.2) is 16.9 Å². The van der Waals surface area contributed by atoms with Crippen molar-refractivity contribution in [3.8, 4) is 0 Å². The molecule has 0 fully saturated rings. The summed E-state index contributed by atoms with van der Waals surface area (Å²) in [5, 5.41) is 13.5. The van der Waals surface area contributed by atoms with Gasteiger partial charge in [-0.1, -0.05) is 13.8 Å². The van der Waals surface area contributed by atoms with Gasteiger partial charge in [-0.15, -0.1) is 0 Å². The van der Waals surface area contributed by atoms with Crippen molar-refractivity contribution in [2.24, 2.45) is 5.92 Å². The lowest BCUT2D eigenvalue weighted by Crippen LogP contribution is -2.33. The third-order valence-corrected chi connectivity index (χ3v) is 3.25. The van der Waals surface area contributed by atoms with Gasteiger partial charge < -0.3 is 5.32 Å². The van der Waals surface area contributed by atoms with Gasteiger partial charge in [-0.25, -0.2) is 4.39 Å². The smallest absolute Gasteiger partial charge is 0.270 e. The molecule has 1 rings (SSSR count). The fraction of sp³-hybridized carbons (Fsp3) is 0.533. The summed E-state index contributed by atoms with van der Waals surface area (Å²) in [7, 11) is 0. The first kappa shape index (κ1) is 17.1. The van der Waals surface area contributed by atoms with Gasteiger partial charge >= 0.3 is 0 Å². The summed E-state index contributed by atoms with van der Waals surface area (Å²) in [5.41, 5.74) is -0.476. The molecule has 1 atom stereocenters. The minimum atomic E-state index is -0.714. The predicted octanol–water partition coefficient (Wildman–Crippen LogP) is 3.60. The number of non-ortho nitro benzene ring substituents is 1. The average molecular weight is 296 g/mol. The van der Waals surface area contributed by atoms with Crippen LogP contribution in [0.5, 0.6) is 0 Å². The van der Waals surface area contributed by atoms with E-state index in [2.05, 4.69) is 19.2 Å². The molecule has 1 N–H and O–H groups in total. The Morgan fingerprint density at radius 2 is 1.95 bits per heavy atom. The lowest BCUT2D eigenvalue weighted by Gasteiger charge is -2.15. The summed E-state index contributed by atoms with van der Waals surface area (Å²) >= 11 is 0. The van der Waals surface area contributed by atoms with Gasteiger partial charge in [-0.05, 0) is 38.2 Å². The van der Waals surface area contributed by atoms with Crippen LogP contribution in [0.25, 0.3) is 0 Å². The van der Waals surface area contributed by atoms with E-state index in [0.717, 1.165) is 25.0 Å². The number of aryl methyl sites for hydroxylation is 1. The summed E-state index contributed by atoms with van der Waals surface area (Å²) in [6, 6.07) is 1.99. The molecule has 116 valence electrons. The van der Waals surface area contributed by atoms with Crippen LogP contribution in [0, 0.1) is 28.8 Å². The highest BCUT2D eigenvalue weighted by atomic mass is 19.1. The minimum Gasteiger partial charge on any atom is -0.349 e. The molecular formula is C15H21FN2O3. The Labute approximate surface area is 123 Å². The van der Waals surface area contributed by atoms with Crippen molar-refractivity contribution in [3.63, 3.8) is 0 Å². The molecule has 0 radical (unpaired) electrons. The lowest BCUT2D eigenvalue weighted by atomic mass is 10.0. The van der Waals surface area contributed by atoms with Crippen LogP contribution in [0.3, 0.4) is 0 Å². The van der Waals surface area contributed by atoms with E-state index in [-0.39, 0.29) is 22.9 Å². The highest BCUT2D eigenvalue weighted by molar-refractivity contribution is 5.95. The molecule has 0 aromatic heterocycles. The first-order chi connectivity index (χ1) is 9.72. The van der Waals surface area contributed by atoms with Crippen LogP contribution in [0.4, 0.5) is 10.1 Å². The van der Waals surface area contributed by atoms with Crippen LogP contribution in [0.1, 0.15) is 49.5 Å². The molecule has 5 nitrogen and oxygen atoms in total. The molecule has 0 aliphatic rings. The topological polar surface area (TPSA) is 72.2 Å². The Morgan fingerprint density at radius 1 is 1.33 bits per heavy atom. The molecule has 0 aliphatic heterocycles. The van der Waals surface area contributed by atoms with Gasteiger partial charge in [0, 0.05) is 18.2 Å². The van der Waals surface area contributed by atoms with Crippen molar-refractivity contribution < 1.29 is 14.1 Å². The zero-order valence-electron chi connectivity index (χ0n) is 12.8. The molecule has 0 saturated carbocycles. The van der Waals surface area contributed by atoms with Crippen molar-refractivity contribution in [2.75, 3.05) is 0 Å². The zero-order chi connectivity index (χ0) is 16.2.